The highest BCUT2D eigenvalue weighted by atomic mass is 16.5. The molecule has 1 aliphatic heterocycles. The van der Waals surface area contributed by atoms with Gasteiger partial charge in [-0.2, -0.15) is 0 Å². The van der Waals surface area contributed by atoms with Crippen molar-refractivity contribution in [3.8, 4) is 0 Å². The minimum absolute atomic E-state index is 0.512. The van der Waals surface area contributed by atoms with Crippen LogP contribution in [0.3, 0.4) is 0 Å². The van der Waals surface area contributed by atoms with Gasteiger partial charge in [-0.15, -0.1) is 0 Å². The third-order valence-electron chi connectivity index (χ3n) is 2.86. The molecule has 3 heteroatoms. The van der Waals surface area contributed by atoms with Crippen LogP contribution in [0.25, 0.3) is 0 Å². The van der Waals surface area contributed by atoms with E-state index in [1.165, 1.54) is 18.4 Å². The second-order valence-electron chi connectivity index (χ2n) is 4.04. The predicted molar refractivity (Wildman–Crippen MR) is 59.7 cm³/mol. The maximum Gasteiger partial charge on any atom is 0.0619 e. The molecule has 1 aromatic heterocycles. The number of nitrogens with one attached hydrogen (secondary N) is 1. The fourth-order valence-corrected chi connectivity index (χ4v) is 1.86. The molecule has 0 aromatic carbocycles. The van der Waals surface area contributed by atoms with Crippen LogP contribution in [-0.4, -0.2) is 24.2 Å². The molecule has 0 bridgehead atoms. The molecule has 82 valence electrons. The summed E-state index contributed by atoms with van der Waals surface area (Å²) in [5.41, 5.74) is 2.39. The molecular formula is C12H18N2O. The Balaban J connectivity index is 1.84. The maximum absolute atomic E-state index is 5.42. The lowest BCUT2D eigenvalue weighted by Crippen LogP contribution is -2.36. The first-order valence-corrected chi connectivity index (χ1v) is 5.58. The molecule has 0 saturated carbocycles. The molecule has 1 N–H and O–H groups in total. The zero-order valence-electron chi connectivity index (χ0n) is 9.20. The van der Waals surface area contributed by atoms with Gasteiger partial charge in [0.25, 0.3) is 0 Å². The zero-order chi connectivity index (χ0) is 10.5. The van der Waals surface area contributed by atoms with Crippen molar-refractivity contribution in [1.29, 1.82) is 0 Å². The van der Waals surface area contributed by atoms with Gasteiger partial charge in [0.2, 0.25) is 0 Å². The smallest absolute Gasteiger partial charge is 0.0619 e. The lowest BCUT2D eigenvalue weighted by molar-refractivity contribution is 0.0699. The SMILES string of the molecule is Cc1ncccc1CNC1CCCOC1. The summed E-state index contributed by atoms with van der Waals surface area (Å²) in [6.45, 7) is 4.71. The van der Waals surface area contributed by atoms with E-state index in [0.29, 0.717) is 6.04 Å². The predicted octanol–water partition coefficient (Wildman–Crippen LogP) is 1.66. The van der Waals surface area contributed by atoms with Crippen molar-refractivity contribution >= 4 is 0 Å². The highest BCUT2D eigenvalue weighted by Gasteiger charge is 2.12. The van der Waals surface area contributed by atoms with E-state index < -0.39 is 0 Å². The summed E-state index contributed by atoms with van der Waals surface area (Å²) in [7, 11) is 0. The highest BCUT2D eigenvalue weighted by molar-refractivity contribution is 5.17. The van der Waals surface area contributed by atoms with Gasteiger partial charge in [-0.05, 0) is 31.4 Å². The number of nitrogens with zero attached hydrogens (tertiary/aromatic N) is 1. The first-order valence-electron chi connectivity index (χ1n) is 5.58. The summed E-state index contributed by atoms with van der Waals surface area (Å²) in [6, 6.07) is 4.62. The standard InChI is InChI=1S/C12H18N2O/c1-10-11(4-2-6-13-10)8-14-12-5-3-7-15-9-12/h2,4,6,12,14H,3,5,7-9H2,1H3. The lowest BCUT2D eigenvalue weighted by atomic mass is 10.1. The van der Waals surface area contributed by atoms with Crippen LogP contribution in [0.2, 0.25) is 0 Å². The van der Waals surface area contributed by atoms with Crippen molar-refractivity contribution in [2.75, 3.05) is 13.2 Å². The molecule has 0 aliphatic carbocycles. The molecule has 1 atom stereocenters. The normalized spacial score (nSPS) is 21.5. The van der Waals surface area contributed by atoms with Crippen molar-refractivity contribution in [3.63, 3.8) is 0 Å². The van der Waals surface area contributed by atoms with Gasteiger partial charge in [0, 0.05) is 31.1 Å². The van der Waals surface area contributed by atoms with Crippen LogP contribution < -0.4 is 5.32 Å². The van der Waals surface area contributed by atoms with Gasteiger partial charge in [0.15, 0.2) is 0 Å². The van der Waals surface area contributed by atoms with Gasteiger partial charge in [-0.25, -0.2) is 0 Å². The van der Waals surface area contributed by atoms with Crippen LogP contribution in [0, 0.1) is 6.92 Å². The molecule has 1 aliphatic rings. The minimum atomic E-state index is 0.512. The van der Waals surface area contributed by atoms with E-state index in [1.807, 2.05) is 19.2 Å². The first-order chi connectivity index (χ1) is 7.36. The number of pyridine rings is 1. The summed E-state index contributed by atoms with van der Waals surface area (Å²) in [6.07, 6.45) is 4.23. The number of ether oxygens (including phenoxy) is 1. The number of hydrogen-bond acceptors (Lipinski definition) is 3. The van der Waals surface area contributed by atoms with Crippen LogP contribution in [0.1, 0.15) is 24.1 Å². The molecule has 1 fully saturated rings. The molecule has 1 unspecified atom stereocenters. The van der Waals surface area contributed by atoms with Gasteiger partial charge < -0.3 is 10.1 Å². The maximum atomic E-state index is 5.42. The molecular weight excluding hydrogens is 188 g/mol. The van der Waals surface area contributed by atoms with Gasteiger partial charge >= 0.3 is 0 Å². The highest BCUT2D eigenvalue weighted by Crippen LogP contribution is 2.08. The van der Waals surface area contributed by atoms with Crippen LogP contribution in [0.15, 0.2) is 18.3 Å². The Labute approximate surface area is 90.9 Å². The Morgan fingerprint density at radius 2 is 2.53 bits per heavy atom. The van der Waals surface area contributed by atoms with E-state index in [-0.39, 0.29) is 0 Å². The minimum Gasteiger partial charge on any atom is -0.380 e. The summed E-state index contributed by atoms with van der Waals surface area (Å²) in [4.78, 5) is 4.27. The van der Waals surface area contributed by atoms with E-state index >= 15 is 0 Å². The Morgan fingerprint density at radius 3 is 3.27 bits per heavy atom. The third kappa shape index (κ3) is 3.01. The van der Waals surface area contributed by atoms with Crippen molar-refractivity contribution < 1.29 is 4.74 Å². The Bertz CT molecular complexity index is 308. The van der Waals surface area contributed by atoms with Gasteiger partial charge in [-0.1, -0.05) is 6.07 Å². The van der Waals surface area contributed by atoms with Crippen LogP contribution in [0.4, 0.5) is 0 Å². The summed E-state index contributed by atoms with van der Waals surface area (Å²) < 4.78 is 5.42. The van der Waals surface area contributed by atoms with Crippen molar-refractivity contribution in [2.24, 2.45) is 0 Å². The van der Waals surface area contributed by atoms with Crippen molar-refractivity contribution in [3.05, 3.63) is 29.6 Å². The molecule has 1 saturated heterocycles. The average Bonchev–Trinajstić information content (AvgIpc) is 2.29. The molecule has 3 nitrogen and oxygen atoms in total. The Hall–Kier alpha value is -0.930. The van der Waals surface area contributed by atoms with Crippen LogP contribution >= 0.6 is 0 Å². The average molecular weight is 206 g/mol. The fourth-order valence-electron chi connectivity index (χ4n) is 1.86. The summed E-state index contributed by atoms with van der Waals surface area (Å²) >= 11 is 0. The molecule has 2 heterocycles. The van der Waals surface area contributed by atoms with E-state index in [0.717, 1.165) is 25.5 Å². The number of aromatic nitrogens is 1. The van der Waals surface area contributed by atoms with E-state index in [2.05, 4.69) is 16.4 Å². The molecule has 0 spiro atoms. The second-order valence-corrected chi connectivity index (χ2v) is 4.04. The van der Waals surface area contributed by atoms with Gasteiger partial charge in [-0.3, -0.25) is 4.98 Å². The Morgan fingerprint density at radius 1 is 1.60 bits per heavy atom. The van der Waals surface area contributed by atoms with Crippen LogP contribution in [0.5, 0.6) is 0 Å². The third-order valence-corrected chi connectivity index (χ3v) is 2.86. The van der Waals surface area contributed by atoms with Crippen molar-refractivity contribution in [1.82, 2.24) is 10.3 Å². The largest absolute Gasteiger partial charge is 0.380 e. The lowest BCUT2D eigenvalue weighted by Gasteiger charge is -2.23. The quantitative estimate of drug-likeness (QED) is 0.816. The second kappa shape index (κ2) is 5.24. The molecule has 0 radical (unpaired) electrons. The fraction of sp³-hybridized carbons (Fsp3) is 0.583. The molecule has 15 heavy (non-hydrogen) atoms. The molecule has 1 aromatic rings. The molecule has 0 amide bonds. The topological polar surface area (TPSA) is 34.2 Å². The molecule has 2 rings (SSSR count). The number of aryl methyl sites for hydroxylation is 1. The summed E-state index contributed by atoms with van der Waals surface area (Å²) in [5.74, 6) is 0. The zero-order valence-corrected chi connectivity index (χ0v) is 9.20. The van der Waals surface area contributed by atoms with E-state index in [4.69, 9.17) is 4.74 Å². The number of hydrogen-bond donors (Lipinski definition) is 1. The first kappa shape index (κ1) is 10.6. The number of rotatable bonds is 3. The van der Waals surface area contributed by atoms with Crippen LogP contribution in [-0.2, 0) is 11.3 Å². The van der Waals surface area contributed by atoms with E-state index in [9.17, 15) is 0 Å². The van der Waals surface area contributed by atoms with Gasteiger partial charge in [0.05, 0.1) is 6.61 Å². The monoisotopic (exact) mass is 206 g/mol. The van der Waals surface area contributed by atoms with Gasteiger partial charge in [0.1, 0.15) is 0 Å². The van der Waals surface area contributed by atoms with E-state index in [1.54, 1.807) is 0 Å². The van der Waals surface area contributed by atoms with Crippen molar-refractivity contribution in [2.45, 2.75) is 32.4 Å². The summed E-state index contributed by atoms with van der Waals surface area (Å²) in [5, 5.41) is 3.51. The Kier molecular flexibility index (Phi) is 3.69.